The molecule has 3 nitrogen and oxygen atoms in total. The summed E-state index contributed by atoms with van der Waals surface area (Å²) < 4.78 is 5.05. The van der Waals surface area contributed by atoms with Crippen LogP contribution in [0.4, 0.5) is 0 Å². The number of likely N-dealkylation sites (N-methyl/N-ethyl adjacent to an activating group) is 1. The number of hydrogen-bond donors (Lipinski definition) is 1. The Balaban J connectivity index is 3.67. The molecule has 0 saturated heterocycles. The highest BCUT2D eigenvalue weighted by Gasteiger charge is 2.09. The molecule has 0 aromatic heterocycles. The van der Waals surface area contributed by atoms with Crippen LogP contribution in [0.15, 0.2) is 0 Å². The van der Waals surface area contributed by atoms with Crippen LogP contribution in [0.25, 0.3) is 0 Å². The van der Waals surface area contributed by atoms with Gasteiger partial charge in [0.25, 0.3) is 0 Å². The van der Waals surface area contributed by atoms with Crippen molar-refractivity contribution in [2.45, 2.75) is 20.3 Å². The fourth-order valence-corrected chi connectivity index (χ4v) is 1.33. The molecule has 0 aromatic carbocycles. The minimum atomic E-state index is 0.636. The molecule has 0 bridgehead atoms. The Morgan fingerprint density at radius 1 is 1.38 bits per heavy atom. The van der Waals surface area contributed by atoms with Crippen molar-refractivity contribution >= 4 is 0 Å². The predicted octanol–water partition coefficient (Wildman–Crippen LogP) is 0.940. The summed E-state index contributed by atoms with van der Waals surface area (Å²) in [6.45, 7) is 9.19. The fraction of sp³-hybridized carbons (Fsp3) is 1.00. The first-order valence-corrected chi connectivity index (χ1v) is 5.19. The number of ether oxygens (including phenoxy) is 1. The van der Waals surface area contributed by atoms with Gasteiger partial charge in [0.2, 0.25) is 0 Å². The Morgan fingerprint density at radius 2 is 2.08 bits per heavy atom. The van der Waals surface area contributed by atoms with Crippen LogP contribution in [-0.4, -0.2) is 44.8 Å². The molecule has 80 valence electrons. The first-order valence-electron chi connectivity index (χ1n) is 5.19. The molecule has 1 unspecified atom stereocenters. The average molecular weight is 188 g/mol. The van der Waals surface area contributed by atoms with Gasteiger partial charge in [0.1, 0.15) is 0 Å². The summed E-state index contributed by atoms with van der Waals surface area (Å²) in [5, 5.41) is 0. The third kappa shape index (κ3) is 6.02. The van der Waals surface area contributed by atoms with Crippen molar-refractivity contribution in [2.24, 2.45) is 11.7 Å². The highest BCUT2D eigenvalue weighted by molar-refractivity contribution is 4.64. The minimum absolute atomic E-state index is 0.636. The van der Waals surface area contributed by atoms with Gasteiger partial charge in [0.05, 0.1) is 6.61 Å². The third-order valence-corrected chi connectivity index (χ3v) is 2.49. The van der Waals surface area contributed by atoms with Gasteiger partial charge in [-0.05, 0) is 19.0 Å². The number of nitrogens with zero attached hydrogens (tertiary/aromatic N) is 1. The van der Waals surface area contributed by atoms with Gasteiger partial charge in [-0.2, -0.15) is 0 Å². The third-order valence-electron chi connectivity index (χ3n) is 2.49. The summed E-state index contributed by atoms with van der Waals surface area (Å²) in [7, 11) is 1.74. The molecule has 0 fully saturated rings. The molecule has 0 heterocycles. The van der Waals surface area contributed by atoms with E-state index in [2.05, 4.69) is 18.7 Å². The summed E-state index contributed by atoms with van der Waals surface area (Å²) in [6.07, 6.45) is 1.17. The van der Waals surface area contributed by atoms with E-state index in [1.54, 1.807) is 7.11 Å². The molecular weight excluding hydrogens is 164 g/mol. The normalized spacial score (nSPS) is 13.6. The van der Waals surface area contributed by atoms with Crippen LogP contribution in [0.3, 0.4) is 0 Å². The molecule has 3 heteroatoms. The van der Waals surface area contributed by atoms with Crippen molar-refractivity contribution < 1.29 is 4.74 Å². The molecule has 0 aromatic rings. The van der Waals surface area contributed by atoms with Crippen LogP contribution in [0.5, 0.6) is 0 Å². The smallest absolute Gasteiger partial charge is 0.0589 e. The van der Waals surface area contributed by atoms with Crippen LogP contribution < -0.4 is 5.73 Å². The lowest BCUT2D eigenvalue weighted by Crippen LogP contribution is -2.34. The van der Waals surface area contributed by atoms with E-state index < -0.39 is 0 Å². The highest BCUT2D eigenvalue weighted by atomic mass is 16.5. The minimum Gasteiger partial charge on any atom is -0.383 e. The lowest BCUT2D eigenvalue weighted by molar-refractivity contribution is 0.140. The Bertz CT molecular complexity index is 105. The van der Waals surface area contributed by atoms with Crippen LogP contribution in [0, 0.1) is 5.92 Å². The van der Waals surface area contributed by atoms with E-state index in [1.165, 1.54) is 6.42 Å². The van der Waals surface area contributed by atoms with Gasteiger partial charge >= 0.3 is 0 Å². The van der Waals surface area contributed by atoms with E-state index in [0.29, 0.717) is 5.92 Å². The fourth-order valence-electron chi connectivity index (χ4n) is 1.33. The Labute approximate surface area is 82.2 Å². The first kappa shape index (κ1) is 12.9. The van der Waals surface area contributed by atoms with E-state index >= 15 is 0 Å². The van der Waals surface area contributed by atoms with E-state index in [0.717, 1.165) is 32.8 Å². The second-order valence-electron chi connectivity index (χ2n) is 3.40. The zero-order valence-electron chi connectivity index (χ0n) is 9.25. The van der Waals surface area contributed by atoms with Gasteiger partial charge in [0, 0.05) is 20.2 Å². The molecule has 0 amide bonds. The Kier molecular flexibility index (Phi) is 8.40. The van der Waals surface area contributed by atoms with Crippen molar-refractivity contribution in [3.63, 3.8) is 0 Å². The molecular formula is C10H24N2O. The first-order chi connectivity index (χ1) is 6.28. The van der Waals surface area contributed by atoms with Crippen LogP contribution >= 0.6 is 0 Å². The number of nitrogens with two attached hydrogens (primary N) is 1. The van der Waals surface area contributed by atoms with Gasteiger partial charge in [-0.25, -0.2) is 0 Å². The van der Waals surface area contributed by atoms with Crippen LogP contribution in [0.2, 0.25) is 0 Å². The molecule has 0 spiro atoms. The summed E-state index contributed by atoms with van der Waals surface area (Å²) in [5.41, 5.74) is 5.66. The maximum absolute atomic E-state index is 5.66. The predicted molar refractivity (Wildman–Crippen MR) is 56.8 cm³/mol. The molecule has 2 N–H and O–H groups in total. The van der Waals surface area contributed by atoms with E-state index in [4.69, 9.17) is 10.5 Å². The summed E-state index contributed by atoms with van der Waals surface area (Å²) in [4.78, 5) is 2.39. The van der Waals surface area contributed by atoms with E-state index in [1.807, 2.05) is 0 Å². The largest absolute Gasteiger partial charge is 0.383 e. The van der Waals surface area contributed by atoms with Crippen molar-refractivity contribution in [2.75, 3.05) is 39.9 Å². The molecule has 1 atom stereocenters. The second-order valence-corrected chi connectivity index (χ2v) is 3.40. The van der Waals surface area contributed by atoms with Gasteiger partial charge in [-0.1, -0.05) is 20.3 Å². The standard InChI is InChI=1S/C10H24N2O/c1-4-10(8-11)9-12(5-2)6-7-13-3/h10H,4-9,11H2,1-3H3. The lowest BCUT2D eigenvalue weighted by atomic mass is 10.1. The summed E-state index contributed by atoms with van der Waals surface area (Å²) in [5.74, 6) is 0.636. The van der Waals surface area contributed by atoms with Gasteiger partial charge in [0.15, 0.2) is 0 Å². The zero-order chi connectivity index (χ0) is 10.1. The van der Waals surface area contributed by atoms with Crippen LogP contribution in [0.1, 0.15) is 20.3 Å². The average Bonchev–Trinajstić information content (AvgIpc) is 2.19. The molecule has 0 saturated carbocycles. The Morgan fingerprint density at radius 3 is 2.46 bits per heavy atom. The van der Waals surface area contributed by atoms with Crippen molar-refractivity contribution in [3.05, 3.63) is 0 Å². The molecule has 0 aliphatic carbocycles. The monoisotopic (exact) mass is 188 g/mol. The molecule has 0 rings (SSSR count). The topological polar surface area (TPSA) is 38.5 Å². The van der Waals surface area contributed by atoms with Crippen molar-refractivity contribution in [1.82, 2.24) is 4.90 Å². The number of hydrogen-bond acceptors (Lipinski definition) is 3. The highest BCUT2D eigenvalue weighted by Crippen LogP contribution is 2.03. The van der Waals surface area contributed by atoms with Gasteiger partial charge < -0.3 is 15.4 Å². The maximum Gasteiger partial charge on any atom is 0.0589 e. The van der Waals surface area contributed by atoms with E-state index in [9.17, 15) is 0 Å². The number of rotatable bonds is 8. The Hall–Kier alpha value is -0.120. The second kappa shape index (κ2) is 8.48. The maximum atomic E-state index is 5.66. The summed E-state index contributed by atoms with van der Waals surface area (Å²) in [6, 6.07) is 0. The molecule has 0 aliphatic rings. The van der Waals surface area contributed by atoms with Crippen LogP contribution in [-0.2, 0) is 4.74 Å². The quantitative estimate of drug-likeness (QED) is 0.616. The molecule has 0 radical (unpaired) electrons. The van der Waals surface area contributed by atoms with Crippen molar-refractivity contribution in [1.29, 1.82) is 0 Å². The van der Waals surface area contributed by atoms with Crippen molar-refractivity contribution in [3.8, 4) is 0 Å². The number of methoxy groups -OCH3 is 1. The zero-order valence-corrected chi connectivity index (χ0v) is 9.25. The van der Waals surface area contributed by atoms with Gasteiger partial charge in [-0.15, -0.1) is 0 Å². The molecule has 13 heavy (non-hydrogen) atoms. The SMILES string of the molecule is CCC(CN)CN(CC)CCOC. The summed E-state index contributed by atoms with van der Waals surface area (Å²) >= 11 is 0. The van der Waals surface area contributed by atoms with E-state index in [-0.39, 0.29) is 0 Å². The van der Waals surface area contributed by atoms with Gasteiger partial charge in [-0.3, -0.25) is 0 Å². The molecule has 0 aliphatic heterocycles. The lowest BCUT2D eigenvalue weighted by Gasteiger charge is -2.24.